The first-order chi connectivity index (χ1) is 14.1. The molecule has 0 aromatic heterocycles. The van der Waals surface area contributed by atoms with Crippen molar-refractivity contribution < 1.29 is 15.0 Å². The van der Waals surface area contributed by atoms with Crippen LogP contribution in [0, 0.1) is 29.1 Å². The third-order valence-corrected chi connectivity index (χ3v) is 8.41. The van der Waals surface area contributed by atoms with Gasteiger partial charge in [-0.1, -0.05) is 38.8 Å². The van der Waals surface area contributed by atoms with Gasteiger partial charge in [0.2, 0.25) is 0 Å². The second-order valence-corrected chi connectivity index (χ2v) is 10.6. The Balaban J connectivity index is 1.89. The molecule has 0 radical (unpaired) electrons. The van der Waals surface area contributed by atoms with E-state index in [1.807, 2.05) is 0 Å². The van der Waals surface area contributed by atoms with E-state index in [4.69, 9.17) is 0 Å². The Hall–Kier alpha value is -1.77. The zero-order chi connectivity index (χ0) is 22.1. The van der Waals surface area contributed by atoms with Crippen LogP contribution in [0.2, 0.25) is 0 Å². The van der Waals surface area contributed by atoms with Gasteiger partial charge in [-0.2, -0.15) is 0 Å². The van der Waals surface area contributed by atoms with E-state index in [1.54, 1.807) is 12.1 Å². The van der Waals surface area contributed by atoms with E-state index in [1.165, 1.54) is 50.2 Å². The summed E-state index contributed by atoms with van der Waals surface area (Å²) in [5.74, 6) is 2.03. The van der Waals surface area contributed by atoms with Gasteiger partial charge < -0.3 is 10.2 Å². The van der Waals surface area contributed by atoms with Crippen LogP contribution in [-0.4, -0.2) is 16.2 Å². The van der Waals surface area contributed by atoms with Gasteiger partial charge in [0, 0.05) is 0 Å². The molecule has 2 aliphatic rings. The highest BCUT2D eigenvalue weighted by Gasteiger charge is 2.50. The first-order valence-electron chi connectivity index (χ1n) is 11.8. The predicted octanol–water partition coefficient (Wildman–Crippen LogP) is 7.41. The maximum atomic E-state index is 11.5. The maximum absolute atomic E-state index is 11.5. The SMILES string of the molecule is CC(C)=CCCC1(C)CCC(C)C2C(C(C)c3cc(C(=O)O)ccc3O)CCCC21. The molecule has 3 rings (SSSR count). The molecule has 2 saturated carbocycles. The van der Waals surface area contributed by atoms with Gasteiger partial charge in [0.15, 0.2) is 0 Å². The molecule has 1 aromatic rings. The summed E-state index contributed by atoms with van der Waals surface area (Å²) in [5.41, 5.74) is 2.87. The molecular weight excluding hydrogens is 372 g/mol. The molecular formula is C27H40O3. The van der Waals surface area contributed by atoms with Crippen LogP contribution in [0.5, 0.6) is 5.75 Å². The van der Waals surface area contributed by atoms with E-state index in [2.05, 4.69) is 40.7 Å². The van der Waals surface area contributed by atoms with Crippen molar-refractivity contribution in [3.8, 4) is 5.75 Å². The van der Waals surface area contributed by atoms with E-state index in [-0.39, 0.29) is 17.2 Å². The monoisotopic (exact) mass is 412 g/mol. The fraction of sp³-hybridized carbons (Fsp3) is 0.667. The van der Waals surface area contributed by atoms with Gasteiger partial charge in [-0.3, -0.25) is 0 Å². The van der Waals surface area contributed by atoms with Crippen LogP contribution in [0.25, 0.3) is 0 Å². The fourth-order valence-corrected chi connectivity index (χ4v) is 6.69. The Morgan fingerprint density at radius 1 is 1.27 bits per heavy atom. The zero-order valence-electron chi connectivity index (χ0n) is 19.4. The average molecular weight is 413 g/mol. The maximum Gasteiger partial charge on any atom is 0.335 e. The minimum absolute atomic E-state index is 0.166. The van der Waals surface area contributed by atoms with Gasteiger partial charge in [-0.05, 0) is 111 Å². The molecule has 3 heteroatoms. The third kappa shape index (κ3) is 4.60. The van der Waals surface area contributed by atoms with Gasteiger partial charge in [-0.25, -0.2) is 4.79 Å². The number of aromatic carboxylic acids is 1. The van der Waals surface area contributed by atoms with E-state index in [9.17, 15) is 15.0 Å². The lowest BCUT2D eigenvalue weighted by molar-refractivity contribution is -0.0505. The number of aromatic hydroxyl groups is 1. The highest BCUT2D eigenvalue weighted by atomic mass is 16.4. The number of carboxylic acid groups (broad SMARTS) is 1. The van der Waals surface area contributed by atoms with Crippen LogP contribution in [0.4, 0.5) is 0 Å². The largest absolute Gasteiger partial charge is 0.508 e. The van der Waals surface area contributed by atoms with Gasteiger partial charge >= 0.3 is 5.97 Å². The molecule has 0 aliphatic heterocycles. The topological polar surface area (TPSA) is 57.5 Å². The summed E-state index contributed by atoms with van der Waals surface area (Å²) in [6, 6.07) is 4.76. The van der Waals surface area contributed by atoms with Gasteiger partial charge in [0.1, 0.15) is 5.75 Å². The van der Waals surface area contributed by atoms with Crippen LogP contribution in [0.1, 0.15) is 101 Å². The molecule has 1 aromatic carbocycles. The number of hydrogen-bond donors (Lipinski definition) is 2. The van der Waals surface area contributed by atoms with Crippen molar-refractivity contribution >= 4 is 5.97 Å². The molecule has 30 heavy (non-hydrogen) atoms. The van der Waals surface area contributed by atoms with E-state index >= 15 is 0 Å². The zero-order valence-corrected chi connectivity index (χ0v) is 19.4. The molecule has 0 heterocycles. The summed E-state index contributed by atoms with van der Waals surface area (Å²) in [6.45, 7) is 11.5. The smallest absolute Gasteiger partial charge is 0.335 e. The number of carboxylic acids is 1. The molecule has 6 unspecified atom stereocenters. The summed E-state index contributed by atoms with van der Waals surface area (Å²) < 4.78 is 0. The number of allylic oxidation sites excluding steroid dienone is 2. The predicted molar refractivity (Wildman–Crippen MR) is 123 cm³/mol. The van der Waals surface area contributed by atoms with Crippen LogP contribution in [0.3, 0.4) is 0 Å². The first kappa shape index (κ1) is 22.9. The van der Waals surface area contributed by atoms with Crippen molar-refractivity contribution in [2.75, 3.05) is 0 Å². The van der Waals surface area contributed by atoms with Gasteiger partial charge in [0.25, 0.3) is 0 Å². The minimum Gasteiger partial charge on any atom is -0.508 e. The molecule has 3 nitrogen and oxygen atoms in total. The van der Waals surface area contributed by atoms with E-state index < -0.39 is 5.97 Å². The summed E-state index contributed by atoms with van der Waals surface area (Å²) in [4.78, 5) is 11.5. The van der Waals surface area contributed by atoms with Gasteiger partial charge in [-0.15, -0.1) is 0 Å². The van der Waals surface area contributed by atoms with Crippen molar-refractivity contribution in [3.05, 3.63) is 41.0 Å². The molecule has 2 aliphatic carbocycles. The second-order valence-electron chi connectivity index (χ2n) is 10.6. The second kappa shape index (κ2) is 9.16. The molecule has 6 atom stereocenters. The lowest BCUT2D eigenvalue weighted by atomic mass is 9.49. The lowest BCUT2D eigenvalue weighted by Crippen LogP contribution is -2.47. The van der Waals surface area contributed by atoms with Gasteiger partial charge in [0.05, 0.1) is 5.56 Å². The highest BCUT2D eigenvalue weighted by Crippen LogP contribution is 2.59. The Morgan fingerprint density at radius 2 is 2.00 bits per heavy atom. The van der Waals surface area contributed by atoms with E-state index in [0.717, 1.165) is 17.9 Å². The summed E-state index contributed by atoms with van der Waals surface area (Å²) in [7, 11) is 0. The molecule has 0 bridgehead atoms. The number of phenolic OH excluding ortho intramolecular Hbond substituents is 1. The van der Waals surface area contributed by atoms with Crippen LogP contribution < -0.4 is 0 Å². The fourth-order valence-electron chi connectivity index (χ4n) is 6.69. The molecule has 0 amide bonds. The number of benzene rings is 1. The molecule has 166 valence electrons. The normalized spacial score (nSPS) is 32.2. The van der Waals surface area contributed by atoms with E-state index in [0.29, 0.717) is 23.2 Å². The van der Waals surface area contributed by atoms with Crippen molar-refractivity contribution in [1.82, 2.24) is 0 Å². The molecule has 0 saturated heterocycles. The molecule has 2 fully saturated rings. The van der Waals surface area contributed by atoms with Crippen molar-refractivity contribution in [2.45, 2.75) is 85.5 Å². The van der Waals surface area contributed by atoms with Crippen LogP contribution >= 0.6 is 0 Å². The molecule has 2 N–H and O–H groups in total. The van der Waals surface area contributed by atoms with Crippen molar-refractivity contribution in [1.29, 1.82) is 0 Å². The van der Waals surface area contributed by atoms with Crippen LogP contribution in [-0.2, 0) is 0 Å². The lowest BCUT2D eigenvalue weighted by Gasteiger charge is -2.55. The van der Waals surface area contributed by atoms with Crippen molar-refractivity contribution in [2.24, 2.45) is 29.1 Å². The minimum atomic E-state index is -0.928. The standard InChI is InChI=1S/C27H40O3/c1-17(2)8-7-14-27(5)15-13-18(3)25-21(9-6-10-23(25)27)19(4)22-16-20(26(29)30)11-12-24(22)28/h8,11-12,16,18-19,21,23,25,28H,6-7,9-10,13-15H2,1-5H3,(H,29,30). The Bertz CT molecular complexity index is 791. The molecule has 0 spiro atoms. The summed E-state index contributed by atoms with van der Waals surface area (Å²) in [6.07, 6.45) is 11.1. The number of hydrogen-bond acceptors (Lipinski definition) is 2. The van der Waals surface area contributed by atoms with Crippen molar-refractivity contribution in [3.63, 3.8) is 0 Å². The number of fused-ring (bicyclic) bond motifs is 1. The average Bonchev–Trinajstić information content (AvgIpc) is 2.70. The number of rotatable bonds is 6. The number of carbonyl (C=O) groups is 1. The Morgan fingerprint density at radius 3 is 2.67 bits per heavy atom. The summed E-state index contributed by atoms with van der Waals surface area (Å²) >= 11 is 0. The third-order valence-electron chi connectivity index (χ3n) is 8.41. The highest BCUT2D eigenvalue weighted by molar-refractivity contribution is 5.88. The first-order valence-corrected chi connectivity index (χ1v) is 11.8. The Kier molecular flexibility index (Phi) is 6.99. The Labute approximate surface area is 182 Å². The number of phenols is 1. The quantitative estimate of drug-likeness (QED) is 0.478. The summed E-state index contributed by atoms with van der Waals surface area (Å²) in [5, 5.41) is 20.0. The van der Waals surface area contributed by atoms with Crippen LogP contribution in [0.15, 0.2) is 29.8 Å².